The van der Waals surface area contributed by atoms with Gasteiger partial charge in [-0.1, -0.05) is 84.6 Å². The van der Waals surface area contributed by atoms with Gasteiger partial charge in [0.15, 0.2) is 5.16 Å². The molecular formula is C24H15N3OS2. The predicted molar refractivity (Wildman–Crippen MR) is 126 cm³/mol. The topological polar surface area (TPSA) is 47.2 Å². The maximum absolute atomic E-state index is 13.5. The maximum atomic E-state index is 13.5. The van der Waals surface area contributed by atoms with Crippen molar-refractivity contribution in [2.24, 2.45) is 5.10 Å². The van der Waals surface area contributed by atoms with Gasteiger partial charge < -0.3 is 0 Å². The summed E-state index contributed by atoms with van der Waals surface area (Å²) in [4.78, 5) is 19.0. The van der Waals surface area contributed by atoms with Gasteiger partial charge in [-0.3, -0.25) is 4.79 Å². The molecule has 0 aliphatic carbocycles. The van der Waals surface area contributed by atoms with E-state index in [1.807, 2.05) is 53.9 Å². The Labute approximate surface area is 180 Å². The van der Waals surface area contributed by atoms with Crippen LogP contribution in [0.15, 0.2) is 93.2 Å². The highest BCUT2D eigenvalue weighted by molar-refractivity contribution is 7.99. The first kappa shape index (κ1) is 17.6. The molecule has 4 nitrogen and oxygen atoms in total. The van der Waals surface area contributed by atoms with Gasteiger partial charge in [-0.05, 0) is 16.3 Å². The van der Waals surface area contributed by atoms with E-state index >= 15 is 0 Å². The molecule has 0 fully saturated rings. The third-order valence-corrected chi connectivity index (χ3v) is 7.11. The van der Waals surface area contributed by atoms with Crippen molar-refractivity contribution in [2.45, 2.75) is 5.16 Å². The summed E-state index contributed by atoms with van der Waals surface area (Å²) < 4.78 is 1.48. The van der Waals surface area contributed by atoms with E-state index < -0.39 is 0 Å². The van der Waals surface area contributed by atoms with E-state index in [1.54, 1.807) is 11.8 Å². The summed E-state index contributed by atoms with van der Waals surface area (Å²) in [5.41, 5.74) is 3.78. The van der Waals surface area contributed by atoms with Crippen molar-refractivity contribution >= 4 is 49.8 Å². The lowest BCUT2D eigenvalue weighted by Gasteiger charge is -2.17. The third-order valence-electron chi connectivity index (χ3n) is 5.30. The van der Waals surface area contributed by atoms with Crippen LogP contribution in [0.2, 0.25) is 0 Å². The molecule has 3 heterocycles. The zero-order valence-electron chi connectivity index (χ0n) is 15.8. The molecule has 0 atom stereocenters. The first-order chi connectivity index (χ1) is 14.8. The van der Waals surface area contributed by atoms with Crippen molar-refractivity contribution in [3.63, 3.8) is 0 Å². The van der Waals surface area contributed by atoms with Crippen LogP contribution in [0.4, 0.5) is 0 Å². The second-order valence-electron chi connectivity index (χ2n) is 7.07. The van der Waals surface area contributed by atoms with Gasteiger partial charge in [-0.25, -0.2) is 4.98 Å². The zero-order valence-corrected chi connectivity index (χ0v) is 17.4. The fourth-order valence-corrected chi connectivity index (χ4v) is 5.74. The summed E-state index contributed by atoms with van der Waals surface area (Å²) in [5, 5.41) is 10.4. The van der Waals surface area contributed by atoms with Gasteiger partial charge in [-0.2, -0.15) is 9.78 Å². The molecule has 30 heavy (non-hydrogen) atoms. The molecule has 0 saturated carbocycles. The summed E-state index contributed by atoms with van der Waals surface area (Å²) in [7, 11) is 0. The summed E-state index contributed by atoms with van der Waals surface area (Å²) in [6.07, 6.45) is 0. The van der Waals surface area contributed by atoms with Gasteiger partial charge in [0.05, 0.1) is 11.1 Å². The number of hydrogen-bond donors (Lipinski definition) is 0. The lowest BCUT2D eigenvalue weighted by molar-refractivity contribution is 0.700. The number of thiophene rings is 1. The van der Waals surface area contributed by atoms with Gasteiger partial charge >= 0.3 is 0 Å². The highest BCUT2D eigenvalue weighted by atomic mass is 32.2. The molecule has 0 spiro atoms. The molecule has 5 aromatic rings. The molecule has 0 N–H and O–H groups in total. The van der Waals surface area contributed by atoms with Gasteiger partial charge in [-0.15, -0.1) is 11.3 Å². The van der Waals surface area contributed by atoms with Gasteiger partial charge in [0.2, 0.25) is 0 Å². The summed E-state index contributed by atoms with van der Waals surface area (Å²) >= 11 is 3.07. The summed E-state index contributed by atoms with van der Waals surface area (Å²) in [6.45, 7) is 0. The van der Waals surface area contributed by atoms with Crippen molar-refractivity contribution in [3.05, 3.63) is 94.1 Å². The van der Waals surface area contributed by atoms with Crippen molar-refractivity contribution in [1.82, 2.24) is 9.66 Å². The van der Waals surface area contributed by atoms with E-state index in [4.69, 9.17) is 10.1 Å². The minimum atomic E-state index is -0.111. The average Bonchev–Trinajstić information content (AvgIpc) is 3.23. The number of hydrogen-bond acceptors (Lipinski definition) is 5. The number of nitrogens with zero attached hydrogens (tertiary/aromatic N) is 3. The molecule has 0 radical (unpaired) electrons. The van der Waals surface area contributed by atoms with Crippen LogP contribution < -0.4 is 5.56 Å². The molecule has 0 amide bonds. The Bertz CT molecular complexity index is 1510. The van der Waals surface area contributed by atoms with Crippen molar-refractivity contribution < 1.29 is 0 Å². The number of thioether (sulfide) groups is 1. The van der Waals surface area contributed by atoms with Crippen LogP contribution in [0.5, 0.6) is 0 Å². The average molecular weight is 426 g/mol. The van der Waals surface area contributed by atoms with E-state index in [2.05, 4.69) is 24.3 Å². The monoisotopic (exact) mass is 425 g/mol. The molecule has 1 aliphatic rings. The second-order valence-corrected chi connectivity index (χ2v) is 8.87. The van der Waals surface area contributed by atoms with Gasteiger partial charge in [0.25, 0.3) is 5.56 Å². The number of fused-ring (bicyclic) bond motifs is 3. The van der Waals surface area contributed by atoms with Crippen LogP contribution in [0, 0.1) is 0 Å². The van der Waals surface area contributed by atoms with E-state index in [0.717, 1.165) is 32.6 Å². The molecule has 0 bridgehead atoms. The van der Waals surface area contributed by atoms with Crippen molar-refractivity contribution in [3.8, 4) is 11.1 Å². The predicted octanol–water partition coefficient (Wildman–Crippen LogP) is 5.64. The molecule has 6 rings (SSSR count). The first-order valence-corrected chi connectivity index (χ1v) is 11.4. The minimum Gasteiger partial charge on any atom is -0.266 e. The highest BCUT2D eigenvalue weighted by Gasteiger charge is 2.22. The largest absolute Gasteiger partial charge is 0.284 e. The molecule has 0 saturated heterocycles. The third kappa shape index (κ3) is 2.72. The number of aromatic nitrogens is 2. The molecule has 2 aromatic heterocycles. The standard InChI is InChI=1S/C24H15N3OS2/c28-23-21-19(16-7-2-1-3-8-16)13-29-22(21)25-24-27(23)26-20(14-30-24)18-12-6-10-15-9-4-5-11-17(15)18/h1-13H,14H2. The smallest absolute Gasteiger partial charge is 0.266 e. The Kier molecular flexibility index (Phi) is 4.07. The van der Waals surface area contributed by atoms with Crippen LogP contribution in [-0.4, -0.2) is 21.1 Å². The normalized spacial score (nSPS) is 13.4. The van der Waals surface area contributed by atoms with E-state index in [0.29, 0.717) is 16.3 Å². The fraction of sp³-hybridized carbons (Fsp3) is 0.0417. The molecule has 1 aliphatic heterocycles. The molecule has 144 valence electrons. The Morgan fingerprint density at radius 3 is 2.57 bits per heavy atom. The van der Waals surface area contributed by atoms with Gasteiger partial charge in [0.1, 0.15) is 4.83 Å². The van der Waals surface area contributed by atoms with E-state index in [-0.39, 0.29) is 5.56 Å². The second kappa shape index (κ2) is 6.93. The summed E-state index contributed by atoms with van der Waals surface area (Å²) in [6, 6.07) is 24.4. The fourth-order valence-electron chi connectivity index (χ4n) is 3.87. The van der Waals surface area contributed by atoms with Crippen LogP contribution in [0.1, 0.15) is 5.56 Å². The molecular weight excluding hydrogens is 410 g/mol. The van der Waals surface area contributed by atoms with Crippen LogP contribution in [-0.2, 0) is 0 Å². The Morgan fingerprint density at radius 2 is 1.67 bits per heavy atom. The van der Waals surface area contributed by atoms with Gasteiger partial charge in [0, 0.05) is 22.3 Å². The lowest BCUT2D eigenvalue weighted by atomic mass is 10.0. The zero-order chi connectivity index (χ0) is 20.1. The van der Waals surface area contributed by atoms with Crippen LogP contribution >= 0.6 is 23.1 Å². The molecule has 3 aromatic carbocycles. The number of rotatable bonds is 2. The summed E-state index contributed by atoms with van der Waals surface area (Å²) in [5.74, 6) is 0.683. The molecule has 0 unspecified atom stereocenters. The minimum absolute atomic E-state index is 0.111. The first-order valence-electron chi connectivity index (χ1n) is 9.58. The Balaban J connectivity index is 1.58. The Hall–Kier alpha value is -3.22. The van der Waals surface area contributed by atoms with Crippen molar-refractivity contribution in [1.29, 1.82) is 0 Å². The Morgan fingerprint density at radius 1 is 0.867 bits per heavy atom. The quantitative estimate of drug-likeness (QED) is 0.344. The highest BCUT2D eigenvalue weighted by Crippen LogP contribution is 2.33. The van der Waals surface area contributed by atoms with Crippen LogP contribution in [0.25, 0.3) is 32.1 Å². The van der Waals surface area contributed by atoms with Crippen molar-refractivity contribution in [2.75, 3.05) is 5.75 Å². The van der Waals surface area contributed by atoms with E-state index in [1.165, 1.54) is 21.4 Å². The van der Waals surface area contributed by atoms with E-state index in [9.17, 15) is 4.79 Å². The SMILES string of the molecule is O=c1c2c(-c3ccccc3)csc2nc2n1N=C(c1cccc3ccccc13)CS2. The number of benzene rings is 3. The van der Waals surface area contributed by atoms with Crippen LogP contribution in [0.3, 0.4) is 0 Å². The maximum Gasteiger partial charge on any atom is 0.284 e. The molecule has 6 heteroatoms. The lowest BCUT2D eigenvalue weighted by Crippen LogP contribution is -2.25.